The van der Waals surface area contributed by atoms with Crippen molar-refractivity contribution in [2.75, 3.05) is 29.5 Å². The van der Waals surface area contributed by atoms with Crippen LogP contribution < -0.4 is 16.0 Å². The largest absolute Gasteiger partial charge is 0.376 e. The van der Waals surface area contributed by atoms with Crippen molar-refractivity contribution in [3.63, 3.8) is 0 Å². The van der Waals surface area contributed by atoms with Crippen LogP contribution in [0.1, 0.15) is 41.7 Å². The van der Waals surface area contributed by atoms with E-state index in [0.717, 1.165) is 25.0 Å². The zero-order chi connectivity index (χ0) is 23.8. The van der Waals surface area contributed by atoms with E-state index < -0.39 is 0 Å². The number of carbonyl (C=O) groups excluding carboxylic acids is 2. The fourth-order valence-corrected chi connectivity index (χ4v) is 5.11. The van der Waals surface area contributed by atoms with Crippen molar-refractivity contribution < 1.29 is 14.3 Å². The molecule has 0 bridgehead atoms. The third-order valence-electron chi connectivity index (χ3n) is 5.33. The maximum atomic E-state index is 12.9. The highest BCUT2D eigenvalue weighted by atomic mass is 32.2. The molecule has 178 valence electrons. The van der Waals surface area contributed by atoms with Gasteiger partial charge in [0, 0.05) is 13.2 Å². The van der Waals surface area contributed by atoms with Crippen molar-refractivity contribution in [2.24, 2.45) is 0 Å². The second-order valence-corrected chi connectivity index (χ2v) is 10.1. The molecule has 1 aliphatic heterocycles. The zero-order valence-electron chi connectivity index (χ0n) is 18.8. The molecule has 3 N–H and O–H groups in total. The first-order chi connectivity index (χ1) is 16.6. The molecule has 1 aromatic heterocycles. The van der Waals surface area contributed by atoms with Crippen LogP contribution in [-0.2, 0) is 9.53 Å². The van der Waals surface area contributed by atoms with Crippen molar-refractivity contribution in [1.82, 2.24) is 15.5 Å². The molecule has 8 nitrogen and oxygen atoms in total. The Balaban J connectivity index is 1.28. The van der Waals surface area contributed by atoms with Crippen LogP contribution >= 0.6 is 23.1 Å². The molecule has 1 fully saturated rings. The molecule has 2 amide bonds. The summed E-state index contributed by atoms with van der Waals surface area (Å²) in [6, 6.07) is 16.6. The van der Waals surface area contributed by atoms with Crippen molar-refractivity contribution in [1.29, 1.82) is 0 Å². The number of thioether (sulfide) groups is 1. The van der Waals surface area contributed by atoms with Gasteiger partial charge in [-0.05, 0) is 37.5 Å². The predicted molar refractivity (Wildman–Crippen MR) is 135 cm³/mol. The number of benzene rings is 2. The highest BCUT2D eigenvalue weighted by Gasteiger charge is 2.18. The van der Waals surface area contributed by atoms with Gasteiger partial charge in [0.25, 0.3) is 5.91 Å². The lowest BCUT2D eigenvalue weighted by Gasteiger charge is -2.16. The molecule has 0 radical (unpaired) electrons. The number of amides is 2. The van der Waals surface area contributed by atoms with Crippen LogP contribution in [0.5, 0.6) is 0 Å². The minimum absolute atomic E-state index is 0.159. The highest BCUT2D eigenvalue weighted by molar-refractivity contribution is 8.01. The Morgan fingerprint density at radius 3 is 2.74 bits per heavy atom. The van der Waals surface area contributed by atoms with Crippen LogP contribution in [0.15, 0.2) is 58.9 Å². The molecule has 2 aromatic carbocycles. The number of nitrogens with zero attached hydrogens (tertiary/aromatic N) is 2. The monoisotopic (exact) mass is 497 g/mol. The number of nitrogens with one attached hydrogen (secondary N) is 3. The van der Waals surface area contributed by atoms with E-state index in [4.69, 9.17) is 4.74 Å². The van der Waals surface area contributed by atoms with Gasteiger partial charge in [0.2, 0.25) is 11.0 Å². The highest BCUT2D eigenvalue weighted by Crippen LogP contribution is 2.26. The van der Waals surface area contributed by atoms with Crippen molar-refractivity contribution >= 4 is 45.7 Å². The van der Waals surface area contributed by atoms with Gasteiger partial charge in [-0.25, -0.2) is 0 Å². The molecule has 34 heavy (non-hydrogen) atoms. The van der Waals surface area contributed by atoms with E-state index in [1.807, 2.05) is 37.3 Å². The Morgan fingerprint density at radius 2 is 1.94 bits per heavy atom. The standard InChI is InChI=1S/C24H27N5O3S2/c1-16(17-8-3-2-4-9-17)26-22(31)19-11-5-6-12-20(19)27-21(30)15-33-24-29-28-23(34-24)25-14-18-10-7-13-32-18/h2-6,8-9,11-12,16,18H,7,10,13-15H2,1H3,(H,25,28)(H,26,31)(H,27,30). The maximum absolute atomic E-state index is 12.9. The number of aromatic nitrogens is 2. The number of hydrogen-bond acceptors (Lipinski definition) is 8. The normalized spacial score (nSPS) is 16.1. The van der Waals surface area contributed by atoms with Crippen LogP contribution in [0.3, 0.4) is 0 Å². The number of carbonyl (C=O) groups is 2. The molecule has 4 rings (SSSR count). The topological polar surface area (TPSA) is 105 Å². The third kappa shape index (κ3) is 6.78. The Bertz CT molecular complexity index is 1100. The second-order valence-electron chi connectivity index (χ2n) is 7.88. The van der Waals surface area contributed by atoms with Crippen molar-refractivity contribution in [3.8, 4) is 0 Å². The summed E-state index contributed by atoms with van der Waals surface area (Å²) in [5.74, 6) is -0.298. The van der Waals surface area contributed by atoms with Gasteiger partial charge in [-0.2, -0.15) is 0 Å². The van der Waals surface area contributed by atoms with Crippen LogP contribution in [0, 0.1) is 0 Å². The lowest BCUT2D eigenvalue weighted by Crippen LogP contribution is -2.28. The van der Waals surface area contributed by atoms with Gasteiger partial charge in [-0.15, -0.1) is 10.2 Å². The molecule has 0 aliphatic carbocycles. The Morgan fingerprint density at radius 1 is 1.15 bits per heavy atom. The van der Waals surface area contributed by atoms with Crippen LogP contribution in [-0.4, -0.2) is 47.0 Å². The van der Waals surface area contributed by atoms with Gasteiger partial charge in [-0.3, -0.25) is 9.59 Å². The van der Waals surface area contributed by atoms with E-state index >= 15 is 0 Å². The zero-order valence-corrected chi connectivity index (χ0v) is 20.5. The van der Waals surface area contributed by atoms with Gasteiger partial charge in [0.15, 0.2) is 4.34 Å². The number of anilines is 2. The van der Waals surface area contributed by atoms with Crippen LogP contribution in [0.2, 0.25) is 0 Å². The summed E-state index contributed by atoms with van der Waals surface area (Å²) in [6.45, 7) is 3.45. The Kier molecular flexibility index (Phi) is 8.51. The quantitative estimate of drug-likeness (QED) is 0.358. The van der Waals surface area contributed by atoms with E-state index in [1.165, 1.54) is 23.1 Å². The van der Waals surface area contributed by atoms with Gasteiger partial charge in [-0.1, -0.05) is 65.6 Å². The lowest BCUT2D eigenvalue weighted by atomic mass is 10.1. The molecule has 1 saturated heterocycles. The molecular weight excluding hydrogens is 470 g/mol. The van der Waals surface area contributed by atoms with E-state index in [2.05, 4.69) is 26.1 Å². The fraction of sp³-hybridized carbons (Fsp3) is 0.333. The van der Waals surface area contributed by atoms with Crippen LogP contribution in [0.4, 0.5) is 10.8 Å². The SMILES string of the molecule is CC(NC(=O)c1ccccc1NC(=O)CSc1nnc(NCC2CCCO2)s1)c1ccccc1. The minimum Gasteiger partial charge on any atom is -0.376 e. The molecule has 2 atom stereocenters. The molecule has 2 unspecified atom stereocenters. The van der Waals surface area contributed by atoms with Gasteiger partial charge >= 0.3 is 0 Å². The summed E-state index contributed by atoms with van der Waals surface area (Å²) in [5.41, 5.74) is 1.90. The fourth-order valence-electron chi connectivity index (χ4n) is 3.55. The minimum atomic E-state index is -0.244. The van der Waals surface area contributed by atoms with Crippen molar-refractivity contribution in [2.45, 2.75) is 36.3 Å². The summed E-state index contributed by atoms with van der Waals surface area (Å²) in [4.78, 5) is 25.4. The molecule has 10 heteroatoms. The summed E-state index contributed by atoms with van der Waals surface area (Å²) in [5, 5.41) is 18.1. The molecular formula is C24H27N5O3S2. The summed E-state index contributed by atoms with van der Waals surface area (Å²) >= 11 is 2.72. The van der Waals surface area contributed by atoms with Gasteiger partial charge < -0.3 is 20.7 Å². The summed E-state index contributed by atoms with van der Waals surface area (Å²) in [7, 11) is 0. The number of ether oxygens (including phenoxy) is 1. The van der Waals surface area contributed by atoms with Crippen molar-refractivity contribution in [3.05, 3.63) is 65.7 Å². The molecule has 1 aliphatic rings. The smallest absolute Gasteiger partial charge is 0.253 e. The molecule has 3 aromatic rings. The summed E-state index contributed by atoms with van der Waals surface area (Å²) in [6.07, 6.45) is 2.37. The summed E-state index contributed by atoms with van der Waals surface area (Å²) < 4.78 is 6.30. The first kappa shape index (κ1) is 24.2. The van der Waals surface area contributed by atoms with E-state index in [0.29, 0.717) is 27.3 Å². The average molecular weight is 498 g/mol. The first-order valence-corrected chi connectivity index (χ1v) is 12.9. The van der Waals surface area contributed by atoms with E-state index in [-0.39, 0.29) is 29.7 Å². The third-order valence-corrected chi connectivity index (χ3v) is 7.35. The van der Waals surface area contributed by atoms with E-state index in [9.17, 15) is 9.59 Å². The second kappa shape index (κ2) is 12.0. The first-order valence-electron chi connectivity index (χ1n) is 11.1. The van der Waals surface area contributed by atoms with E-state index in [1.54, 1.807) is 24.3 Å². The number of para-hydroxylation sites is 1. The van der Waals surface area contributed by atoms with Crippen LogP contribution in [0.25, 0.3) is 0 Å². The van der Waals surface area contributed by atoms with Gasteiger partial charge in [0.05, 0.1) is 29.1 Å². The average Bonchev–Trinajstić information content (AvgIpc) is 3.54. The lowest BCUT2D eigenvalue weighted by molar-refractivity contribution is -0.113. The van der Waals surface area contributed by atoms with Gasteiger partial charge in [0.1, 0.15) is 0 Å². The molecule has 0 spiro atoms. The molecule has 2 heterocycles. The Labute approximate surface area is 206 Å². The number of rotatable bonds is 10. The Hall–Kier alpha value is -2.95. The number of hydrogen-bond donors (Lipinski definition) is 3. The predicted octanol–water partition coefficient (Wildman–Crippen LogP) is 4.35. The maximum Gasteiger partial charge on any atom is 0.253 e. The molecule has 0 saturated carbocycles.